The fourth-order valence-corrected chi connectivity index (χ4v) is 4.96. The molecule has 1 saturated carbocycles. The summed E-state index contributed by atoms with van der Waals surface area (Å²) in [5.41, 5.74) is 2.48. The van der Waals surface area contributed by atoms with Gasteiger partial charge in [0.25, 0.3) is 5.91 Å². The highest BCUT2D eigenvalue weighted by molar-refractivity contribution is 7.13. The van der Waals surface area contributed by atoms with Gasteiger partial charge in [-0.05, 0) is 30.0 Å². The van der Waals surface area contributed by atoms with Crippen molar-refractivity contribution in [2.75, 3.05) is 26.2 Å². The smallest absolute Gasteiger partial charge is 0.273 e. The molecular formula is C24H22FN3O2S. The zero-order valence-corrected chi connectivity index (χ0v) is 17.7. The van der Waals surface area contributed by atoms with E-state index in [9.17, 15) is 14.0 Å². The van der Waals surface area contributed by atoms with Gasteiger partial charge in [0.05, 0.1) is 0 Å². The summed E-state index contributed by atoms with van der Waals surface area (Å²) in [6.07, 6.45) is 0.810. The van der Waals surface area contributed by atoms with Gasteiger partial charge in [-0.1, -0.05) is 42.5 Å². The average Bonchev–Trinajstić information content (AvgIpc) is 3.46. The summed E-state index contributed by atoms with van der Waals surface area (Å²) in [5, 5.41) is 2.64. The molecule has 2 fully saturated rings. The molecule has 2 aliphatic rings. The van der Waals surface area contributed by atoms with Crippen molar-refractivity contribution < 1.29 is 14.0 Å². The van der Waals surface area contributed by atoms with Crippen LogP contribution in [0, 0.1) is 11.7 Å². The second kappa shape index (κ2) is 8.23. The minimum atomic E-state index is -0.260. The van der Waals surface area contributed by atoms with Gasteiger partial charge in [0.1, 0.15) is 16.5 Å². The summed E-state index contributed by atoms with van der Waals surface area (Å²) in [7, 11) is 0. The van der Waals surface area contributed by atoms with Crippen LogP contribution in [0.2, 0.25) is 0 Å². The van der Waals surface area contributed by atoms with E-state index in [0.717, 1.165) is 22.6 Å². The van der Waals surface area contributed by atoms with Gasteiger partial charge in [-0.3, -0.25) is 9.59 Å². The molecule has 0 radical (unpaired) electrons. The number of halogens is 1. The van der Waals surface area contributed by atoms with Crippen LogP contribution in [0.1, 0.15) is 28.4 Å². The van der Waals surface area contributed by atoms with Crippen molar-refractivity contribution in [3.8, 4) is 10.6 Å². The molecule has 3 aromatic rings. The molecule has 0 N–H and O–H groups in total. The van der Waals surface area contributed by atoms with E-state index >= 15 is 0 Å². The Labute approximate surface area is 184 Å². The molecule has 158 valence electrons. The van der Waals surface area contributed by atoms with Crippen molar-refractivity contribution in [3.05, 3.63) is 77.1 Å². The minimum Gasteiger partial charge on any atom is -0.339 e. The van der Waals surface area contributed by atoms with Crippen LogP contribution in [-0.4, -0.2) is 52.8 Å². The second-order valence-corrected chi connectivity index (χ2v) is 8.88. The molecule has 2 aromatic carbocycles. The monoisotopic (exact) mass is 435 g/mol. The van der Waals surface area contributed by atoms with E-state index in [2.05, 4.69) is 4.98 Å². The topological polar surface area (TPSA) is 53.5 Å². The van der Waals surface area contributed by atoms with E-state index in [1.807, 2.05) is 35.2 Å². The molecule has 2 atom stereocenters. The Kier molecular flexibility index (Phi) is 5.28. The molecule has 1 aliphatic carbocycles. The standard InChI is InChI=1S/C24H22FN3O2S/c25-18-8-6-16(7-9-18)19-14-20(19)23(29)27-10-12-28(13-11-27)24(30)21-15-31-22(26-21)17-4-2-1-3-5-17/h1-9,15,19-20H,10-14H2/t19-,20-/m1/s1. The van der Waals surface area contributed by atoms with Crippen LogP contribution in [0.3, 0.4) is 0 Å². The highest BCUT2D eigenvalue weighted by Crippen LogP contribution is 2.48. The molecule has 1 aromatic heterocycles. The van der Waals surface area contributed by atoms with Gasteiger partial charge in [0.15, 0.2) is 0 Å². The fourth-order valence-electron chi connectivity index (χ4n) is 4.16. The summed E-state index contributed by atoms with van der Waals surface area (Å²) >= 11 is 1.46. The Morgan fingerprint density at radius 3 is 2.32 bits per heavy atom. The van der Waals surface area contributed by atoms with Crippen LogP contribution in [0.5, 0.6) is 0 Å². The zero-order valence-electron chi connectivity index (χ0n) is 16.9. The van der Waals surface area contributed by atoms with E-state index in [1.54, 1.807) is 22.4 Å². The third-order valence-electron chi connectivity index (χ3n) is 6.03. The normalized spacial score (nSPS) is 20.5. The van der Waals surface area contributed by atoms with E-state index < -0.39 is 0 Å². The maximum Gasteiger partial charge on any atom is 0.273 e. The number of carbonyl (C=O) groups is 2. The van der Waals surface area contributed by atoms with Crippen LogP contribution in [0.25, 0.3) is 10.6 Å². The molecular weight excluding hydrogens is 413 g/mol. The average molecular weight is 436 g/mol. The van der Waals surface area contributed by atoms with Gasteiger partial charge >= 0.3 is 0 Å². The highest BCUT2D eigenvalue weighted by atomic mass is 32.1. The lowest BCUT2D eigenvalue weighted by Crippen LogP contribution is -2.51. The van der Waals surface area contributed by atoms with Crippen molar-refractivity contribution in [1.29, 1.82) is 0 Å². The Hall–Kier alpha value is -3.06. The van der Waals surface area contributed by atoms with Crippen LogP contribution >= 0.6 is 11.3 Å². The first-order valence-electron chi connectivity index (χ1n) is 10.4. The summed E-state index contributed by atoms with van der Waals surface area (Å²) in [6.45, 7) is 2.09. The van der Waals surface area contributed by atoms with Gasteiger partial charge in [-0.2, -0.15) is 0 Å². The number of hydrogen-bond donors (Lipinski definition) is 0. The number of carbonyl (C=O) groups excluding carboxylic acids is 2. The summed E-state index contributed by atoms with van der Waals surface area (Å²) in [6, 6.07) is 16.2. The Morgan fingerprint density at radius 2 is 1.61 bits per heavy atom. The van der Waals surface area contributed by atoms with Crippen molar-refractivity contribution in [2.24, 2.45) is 5.92 Å². The zero-order chi connectivity index (χ0) is 21.4. The third kappa shape index (κ3) is 4.10. The molecule has 7 heteroatoms. The molecule has 0 bridgehead atoms. The molecule has 5 rings (SSSR count). The fraction of sp³-hybridized carbons (Fsp3) is 0.292. The lowest BCUT2D eigenvalue weighted by Gasteiger charge is -2.34. The van der Waals surface area contributed by atoms with Crippen LogP contribution in [0.4, 0.5) is 4.39 Å². The molecule has 2 amide bonds. The van der Waals surface area contributed by atoms with Crippen LogP contribution < -0.4 is 0 Å². The predicted molar refractivity (Wildman–Crippen MR) is 117 cm³/mol. The van der Waals surface area contributed by atoms with Crippen LogP contribution in [-0.2, 0) is 4.79 Å². The number of aromatic nitrogens is 1. The van der Waals surface area contributed by atoms with Crippen LogP contribution in [0.15, 0.2) is 60.0 Å². The molecule has 31 heavy (non-hydrogen) atoms. The lowest BCUT2D eigenvalue weighted by atomic mass is 10.1. The number of amides is 2. The Morgan fingerprint density at radius 1 is 0.935 bits per heavy atom. The Balaban J connectivity index is 1.16. The van der Waals surface area contributed by atoms with Crippen molar-refractivity contribution in [3.63, 3.8) is 0 Å². The summed E-state index contributed by atoms with van der Waals surface area (Å²) < 4.78 is 13.1. The van der Waals surface area contributed by atoms with Gasteiger partial charge in [0.2, 0.25) is 5.91 Å². The van der Waals surface area contributed by atoms with Gasteiger partial charge in [-0.25, -0.2) is 9.37 Å². The minimum absolute atomic E-state index is 0.0281. The number of rotatable bonds is 4. The lowest BCUT2D eigenvalue weighted by molar-refractivity contribution is -0.134. The van der Waals surface area contributed by atoms with Crippen molar-refractivity contribution >= 4 is 23.2 Å². The maximum atomic E-state index is 13.1. The van der Waals surface area contributed by atoms with Gasteiger partial charge < -0.3 is 9.80 Å². The quantitative estimate of drug-likeness (QED) is 0.622. The molecule has 5 nitrogen and oxygen atoms in total. The third-order valence-corrected chi connectivity index (χ3v) is 6.92. The highest BCUT2D eigenvalue weighted by Gasteiger charge is 2.46. The molecule has 0 unspecified atom stereocenters. The van der Waals surface area contributed by atoms with Gasteiger partial charge in [0, 0.05) is 43.0 Å². The molecule has 0 spiro atoms. The summed E-state index contributed by atoms with van der Waals surface area (Å²) in [5.74, 6) is -0.0505. The van der Waals surface area contributed by atoms with E-state index in [1.165, 1.54) is 23.5 Å². The Bertz CT molecular complexity index is 1090. The van der Waals surface area contributed by atoms with Crippen molar-refractivity contribution in [1.82, 2.24) is 14.8 Å². The van der Waals surface area contributed by atoms with Crippen molar-refractivity contribution in [2.45, 2.75) is 12.3 Å². The van der Waals surface area contributed by atoms with Gasteiger partial charge in [-0.15, -0.1) is 11.3 Å². The largest absolute Gasteiger partial charge is 0.339 e. The maximum absolute atomic E-state index is 13.1. The first-order valence-corrected chi connectivity index (χ1v) is 11.3. The molecule has 2 heterocycles. The first-order chi connectivity index (χ1) is 15.1. The predicted octanol–water partition coefficient (Wildman–Crippen LogP) is 4.04. The first kappa shape index (κ1) is 19.9. The number of nitrogens with zero attached hydrogens (tertiary/aromatic N) is 3. The van der Waals surface area contributed by atoms with E-state index in [0.29, 0.717) is 31.9 Å². The molecule has 1 saturated heterocycles. The number of thiazole rings is 1. The molecule has 1 aliphatic heterocycles. The van der Waals surface area contributed by atoms with E-state index in [-0.39, 0.29) is 29.5 Å². The second-order valence-electron chi connectivity index (χ2n) is 8.02. The SMILES string of the molecule is O=C(c1csc(-c2ccccc2)n1)N1CCN(C(=O)[C@@H]2C[C@@H]2c2ccc(F)cc2)CC1. The number of piperazine rings is 1. The number of hydrogen-bond acceptors (Lipinski definition) is 4. The number of benzene rings is 2. The van der Waals surface area contributed by atoms with E-state index in [4.69, 9.17) is 0 Å². The summed E-state index contributed by atoms with van der Waals surface area (Å²) in [4.78, 5) is 33.9.